The van der Waals surface area contributed by atoms with Gasteiger partial charge < -0.3 is 16.4 Å². The maximum Gasteiger partial charge on any atom is 0.270 e. The van der Waals surface area contributed by atoms with Gasteiger partial charge in [0.15, 0.2) is 0 Å². The summed E-state index contributed by atoms with van der Waals surface area (Å²) in [6.45, 7) is 1.16. The molecular weight excluding hydrogens is 541 g/mol. The number of carbonyl (C=O) groups is 3. The number of non-ortho nitro benzene ring substituents is 1. The second-order valence-corrected chi connectivity index (χ2v) is 10.9. The van der Waals surface area contributed by atoms with Crippen LogP contribution in [-0.2, 0) is 4.79 Å². The Bertz CT molecular complexity index is 1510. The number of nitrogens with two attached hydrogens (primary N) is 1. The molecule has 1 fully saturated rings. The number of nitro benzene ring substituents is 1. The predicted octanol–water partition coefficient (Wildman–Crippen LogP) is 4.96. The van der Waals surface area contributed by atoms with Crippen LogP contribution in [0.1, 0.15) is 64.4 Å². The van der Waals surface area contributed by atoms with Gasteiger partial charge in [-0.2, -0.15) is 0 Å². The van der Waals surface area contributed by atoms with Crippen LogP contribution < -0.4 is 21.3 Å². The number of benzene rings is 3. The molecule has 5 rings (SSSR count). The Labute approximate surface area is 242 Å². The zero-order valence-electron chi connectivity index (χ0n) is 22.9. The normalized spacial score (nSPS) is 20.2. The summed E-state index contributed by atoms with van der Waals surface area (Å²) in [7, 11) is 0. The van der Waals surface area contributed by atoms with Crippen molar-refractivity contribution >= 4 is 34.8 Å². The molecule has 1 heterocycles. The molecule has 0 bridgehead atoms. The van der Waals surface area contributed by atoms with Crippen LogP contribution in [0.25, 0.3) is 0 Å². The van der Waals surface area contributed by atoms with E-state index >= 15 is 0 Å². The van der Waals surface area contributed by atoms with Crippen molar-refractivity contribution < 1.29 is 23.7 Å². The van der Waals surface area contributed by atoms with Crippen molar-refractivity contribution in [3.8, 4) is 0 Å². The number of rotatable bonds is 7. The van der Waals surface area contributed by atoms with Crippen LogP contribution in [-0.4, -0.2) is 35.7 Å². The molecule has 3 atom stereocenters. The molecule has 0 spiro atoms. The lowest BCUT2D eigenvalue weighted by Gasteiger charge is -2.31. The molecule has 3 aromatic carbocycles. The molecule has 0 aromatic heterocycles. The molecule has 10 nitrogen and oxygen atoms in total. The minimum Gasteiger partial charge on any atom is -0.352 e. The average molecular weight is 574 g/mol. The fourth-order valence-electron chi connectivity index (χ4n) is 5.86. The van der Waals surface area contributed by atoms with E-state index in [1.807, 2.05) is 0 Å². The molecule has 1 aliphatic heterocycles. The Morgan fingerprint density at radius 3 is 2.55 bits per heavy atom. The van der Waals surface area contributed by atoms with E-state index < -0.39 is 28.6 Å². The molecule has 1 saturated carbocycles. The fourth-order valence-corrected chi connectivity index (χ4v) is 5.86. The standard InChI is InChI=1S/C31H32FN5O5/c32-24-10-7-21(8-11-24)28-16-29(38)35-26-15-22(30(39)34-18-20-4-1-3-19(13-20)17-33)9-12-27(26)36(28)31(40)23-5-2-6-25(14-23)37(41)42/h2,5-12,14-15,19-20,28H,1,3-4,13,16-18,33H2,(H,34,39)(H,35,38). The Hall–Kier alpha value is -4.64. The second-order valence-electron chi connectivity index (χ2n) is 10.9. The molecule has 3 aromatic rings. The average Bonchev–Trinajstić information content (AvgIpc) is 3.15. The highest BCUT2D eigenvalue weighted by molar-refractivity contribution is 6.12. The minimum absolute atomic E-state index is 0.0432. The van der Waals surface area contributed by atoms with E-state index in [0.717, 1.165) is 25.7 Å². The molecule has 4 N–H and O–H groups in total. The van der Waals surface area contributed by atoms with Crippen LogP contribution in [0.5, 0.6) is 0 Å². The lowest BCUT2D eigenvalue weighted by molar-refractivity contribution is -0.384. The Morgan fingerprint density at radius 2 is 1.81 bits per heavy atom. The molecular formula is C31H32FN5O5. The molecule has 3 unspecified atom stereocenters. The largest absolute Gasteiger partial charge is 0.352 e. The third-order valence-electron chi connectivity index (χ3n) is 8.04. The maximum atomic E-state index is 14.0. The molecule has 1 aliphatic carbocycles. The molecule has 0 radical (unpaired) electrons. The molecule has 2 aliphatic rings. The van der Waals surface area contributed by atoms with Crippen LogP contribution in [0, 0.1) is 27.8 Å². The summed E-state index contributed by atoms with van der Waals surface area (Å²) in [6.07, 6.45) is 4.02. The summed E-state index contributed by atoms with van der Waals surface area (Å²) in [5.41, 5.74) is 7.00. The number of nitrogens with zero attached hydrogens (tertiary/aromatic N) is 2. The predicted molar refractivity (Wildman–Crippen MR) is 156 cm³/mol. The zero-order chi connectivity index (χ0) is 29.8. The summed E-state index contributed by atoms with van der Waals surface area (Å²) >= 11 is 0. The van der Waals surface area contributed by atoms with Gasteiger partial charge in [0.05, 0.1) is 28.8 Å². The quantitative estimate of drug-likeness (QED) is 0.269. The summed E-state index contributed by atoms with van der Waals surface area (Å²) in [5.74, 6) is -0.973. The number of halogens is 1. The van der Waals surface area contributed by atoms with Crippen molar-refractivity contribution in [1.82, 2.24) is 5.32 Å². The molecule has 3 amide bonds. The highest BCUT2D eigenvalue weighted by Gasteiger charge is 2.35. The van der Waals surface area contributed by atoms with Crippen LogP contribution in [0.3, 0.4) is 0 Å². The number of nitrogens with one attached hydrogen (secondary N) is 2. The van der Waals surface area contributed by atoms with Crippen molar-refractivity contribution in [2.75, 3.05) is 23.3 Å². The van der Waals surface area contributed by atoms with Gasteiger partial charge in [0.2, 0.25) is 5.91 Å². The van der Waals surface area contributed by atoms with Gasteiger partial charge in [-0.3, -0.25) is 29.4 Å². The molecule has 0 saturated heterocycles. The zero-order valence-corrected chi connectivity index (χ0v) is 22.9. The monoisotopic (exact) mass is 573 g/mol. The summed E-state index contributed by atoms with van der Waals surface area (Å²) < 4.78 is 13.8. The smallest absolute Gasteiger partial charge is 0.270 e. The topological polar surface area (TPSA) is 148 Å². The number of nitro groups is 1. The van der Waals surface area contributed by atoms with Gasteiger partial charge >= 0.3 is 0 Å². The van der Waals surface area contributed by atoms with Crippen LogP contribution in [0.4, 0.5) is 21.5 Å². The minimum atomic E-state index is -0.847. The summed E-state index contributed by atoms with van der Waals surface area (Å²) in [4.78, 5) is 52.4. The van der Waals surface area contributed by atoms with Gasteiger partial charge in [-0.05, 0) is 79.6 Å². The summed E-state index contributed by atoms with van der Waals surface area (Å²) in [6, 6.07) is 14.6. The first kappa shape index (κ1) is 28.9. The van der Waals surface area contributed by atoms with Crippen LogP contribution in [0.2, 0.25) is 0 Å². The van der Waals surface area contributed by atoms with Crippen molar-refractivity contribution in [2.24, 2.45) is 17.6 Å². The van der Waals surface area contributed by atoms with Gasteiger partial charge in [-0.15, -0.1) is 0 Å². The highest BCUT2D eigenvalue weighted by atomic mass is 19.1. The number of anilines is 2. The van der Waals surface area contributed by atoms with Crippen LogP contribution >= 0.6 is 0 Å². The molecule has 42 heavy (non-hydrogen) atoms. The van der Waals surface area contributed by atoms with Crippen molar-refractivity contribution in [3.05, 3.63) is 99.4 Å². The lowest BCUT2D eigenvalue weighted by atomic mass is 9.81. The van der Waals surface area contributed by atoms with E-state index in [0.29, 0.717) is 41.7 Å². The SMILES string of the molecule is NCC1CCCC(CNC(=O)c2ccc3c(c2)NC(=O)CC(c2ccc(F)cc2)N3C(=O)c2cccc([N+](=O)[O-])c2)C1. The van der Waals surface area contributed by atoms with E-state index in [9.17, 15) is 28.9 Å². The van der Waals surface area contributed by atoms with E-state index in [1.54, 1.807) is 12.1 Å². The maximum absolute atomic E-state index is 14.0. The van der Waals surface area contributed by atoms with Crippen molar-refractivity contribution in [1.29, 1.82) is 0 Å². The Balaban J connectivity index is 1.49. The third-order valence-corrected chi connectivity index (χ3v) is 8.04. The Kier molecular flexibility index (Phi) is 8.58. The van der Waals surface area contributed by atoms with Gasteiger partial charge in [-0.25, -0.2) is 4.39 Å². The highest BCUT2D eigenvalue weighted by Crippen LogP contribution is 2.40. The number of carbonyl (C=O) groups excluding carboxylic acids is 3. The first-order valence-electron chi connectivity index (χ1n) is 14.0. The van der Waals surface area contributed by atoms with E-state index in [-0.39, 0.29) is 29.3 Å². The van der Waals surface area contributed by atoms with Gasteiger partial charge in [0, 0.05) is 29.8 Å². The van der Waals surface area contributed by atoms with Gasteiger partial charge in [-0.1, -0.05) is 24.6 Å². The van der Waals surface area contributed by atoms with E-state index in [4.69, 9.17) is 5.73 Å². The first-order valence-corrected chi connectivity index (χ1v) is 14.0. The van der Waals surface area contributed by atoms with E-state index in [1.165, 1.54) is 59.5 Å². The van der Waals surface area contributed by atoms with E-state index in [2.05, 4.69) is 10.6 Å². The van der Waals surface area contributed by atoms with Crippen LogP contribution in [0.15, 0.2) is 66.7 Å². The number of hydrogen-bond acceptors (Lipinski definition) is 6. The van der Waals surface area contributed by atoms with Gasteiger partial charge in [0.1, 0.15) is 5.82 Å². The number of amides is 3. The summed E-state index contributed by atoms with van der Waals surface area (Å²) in [5, 5.41) is 17.2. The first-order chi connectivity index (χ1) is 20.2. The third kappa shape index (κ3) is 6.31. The lowest BCUT2D eigenvalue weighted by Crippen LogP contribution is -2.35. The Morgan fingerprint density at radius 1 is 1.05 bits per heavy atom. The van der Waals surface area contributed by atoms with Gasteiger partial charge in [0.25, 0.3) is 17.5 Å². The van der Waals surface area contributed by atoms with Crippen molar-refractivity contribution in [3.63, 3.8) is 0 Å². The second kappa shape index (κ2) is 12.5. The molecule has 218 valence electrons. The van der Waals surface area contributed by atoms with Crippen molar-refractivity contribution in [2.45, 2.75) is 38.1 Å². The number of fused-ring (bicyclic) bond motifs is 1. The molecule has 11 heteroatoms. The fraction of sp³-hybridized carbons (Fsp3) is 0.323. The number of hydrogen-bond donors (Lipinski definition) is 3.